The van der Waals surface area contributed by atoms with Crippen LogP contribution < -0.4 is 0 Å². The lowest BCUT2D eigenvalue weighted by Crippen LogP contribution is -1.92. The molecule has 0 amide bonds. The summed E-state index contributed by atoms with van der Waals surface area (Å²) < 4.78 is 0. The molecule has 16 heavy (non-hydrogen) atoms. The molecule has 0 N–H and O–H groups in total. The van der Waals surface area contributed by atoms with Crippen molar-refractivity contribution in [1.29, 1.82) is 0 Å². The number of hydrogen-bond acceptors (Lipinski definition) is 1. The zero-order valence-corrected chi connectivity index (χ0v) is 10.9. The van der Waals surface area contributed by atoms with Gasteiger partial charge in [-0.2, -0.15) is 0 Å². The molecular formula is C14H15ClS. The van der Waals surface area contributed by atoms with Crippen LogP contribution in [0.15, 0.2) is 42.5 Å². The number of aryl methyl sites for hydroxylation is 1. The SMILES string of the molecule is CCc1ccc(C(Cl)Cc2ccccc2)s1. The molecule has 1 unspecified atom stereocenters. The normalized spacial score (nSPS) is 12.6. The number of rotatable bonds is 4. The fraction of sp³-hybridized carbons (Fsp3) is 0.286. The van der Waals surface area contributed by atoms with E-state index in [1.54, 1.807) is 0 Å². The molecule has 0 aliphatic carbocycles. The Balaban J connectivity index is 2.05. The fourth-order valence-corrected chi connectivity index (χ4v) is 2.99. The summed E-state index contributed by atoms with van der Waals surface area (Å²) in [6.07, 6.45) is 2.01. The Morgan fingerprint density at radius 2 is 1.88 bits per heavy atom. The minimum Gasteiger partial charge on any atom is -0.144 e. The van der Waals surface area contributed by atoms with E-state index in [2.05, 4.69) is 43.3 Å². The Morgan fingerprint density at radius 3 is 2.50 bits per heavy atom. The summed E-state index contributed by atoms with van der Waals surface area (Å²) in [4.78, 5) is 2.69. The summed E-state index contributed by atoms with van der Waals surface area (Å²) in [6.45, 7) is 2.18. The molecule has 0 bridgehead atoms. The first-order valence-corrected chi connectivity index (χ1v) is 6.81. The summed E-state index contributed by atoms with van der Waals surface area (Å²) in [7, 11) is 0. The Hall–Kier alpha value is -0.790. The largest absolute Gasteiger partial charge is 0.144 e. The van der Waals surface area contributed by atoms with E-state index in [0.717, 1.165) is 12.8 Å². The molecule has 0 radical (unpaired) electrons. The van der Waals surface area contributed by atoms with Gasteiger partial charge in [-0.05, 0) is 30.5 Å². The third-order valence-electron chi connectivity index (χ3n) is 2.60. The lowest BCUT2D eigenvalue weighted by Gasteiger charge is -2.06. The van der Waals surface area contributed by atoms with E-state index in [0.29, 0.717) is 0 Å². The van der Waals surface area contributed by atoms with Crippen molar-refractivity contribution in [2.75, 3.05) is 0 Å². The van der Waals surface area contributed by atoms with Crippen molar-refractivity contribution in [3.05, 3.63) is 57.8 Å². The minimum absolute atomic E-state index is 0.104. The van der Waals surface area contributed by atoms with Crippen LogP contribution in [-0.4, -0.2) is 0 Å². The van der Waals surface area contributed by atoms with E-state index in [-0.39, 0.29) is 5.38 Å². The van der Waals surface area contributed by atoms with E-state index in [1.807, 2.05) is 17.4 Å². The van der Waals surface area contributed by atoms with Crippen molar-refractivity contribution in [1.82, 2.24) is 0 Å². The van der Waals surface area contributed by atoms with Gasteiger partial charge in [0, 0.05) is 9.75 Å². The maximum absolute atomic E-state index is 6.42. The average molecular weight is 251 g/mol. The second-order valence-corrected chi connectivity index (χ2v) is 5.54. The Kier molecular flexibility index (Phi) is 4.03. The molecule has 84 valence electrons. The molecule has 1 heterocycles. The molecule has 0 nitrogen and oxygen atoms in total. The lowest BCUT2D eigenvalue weighted by atomic mass is 10.1. The van der Waals surface area contributed by atoms with Gasteiger partial charge in [0.2, 0.25) is 0 Å². The maximum Gasteiger partial charge on any atom is 0.0718 e. The van der Waals surface area contributed by atoms with Crippen molar-refractivity contribution in [2.45, 2.75) is 25.1 Å². The van der Waals surface area contributed by atoms with Gasteiger partial charge in [0.1, 0.15) is 0 Å². The first kappa shape index (κ1) is 11.7. The summed E-state index contributed by atoms with van der Waals surface area (Å²) >= 11 is 8.25. The predicted molar refractivity (Wildman–Crippen MR) is 72.4 cm³/mol. The van der Waals surface area contributed by atoms with Gasteiger partial charge in [-0.3, -0.25) is 0 Å². The molecule has 1 aromatic heterocycles. The van der Waals surface area contributed by atoms with Crippen LogP contribution in [0, 0.1) is 0 Å². The Bertz CT molecular complexity index is 433. The van der Waals surface area contributed by atoms with Crippen molar-refractivity contribution in [3.63, 3.8) is 0 Å². The van der Waals surface area contributed by atoms with Crippen LogP contribution in [-0.2, 0) is 12.8 Å². The quantitative estimate of drug-likeness (QED) is 0.682. The number of benzene rings is 1. The molecule has 2 aromatic rings. The van der Waals surface area contributed by atoms with Gasteiger partial charge in [-0.25, -0.2) is 0 Å². The van der Waals surface area contributed by atoms with Crippen LogP contribution >= 0.6 is 22.9 Å². The van der Waals surface area contributed by atoms with Crippen molar-refractivity contribution in [2.24, 2.45) is 0 Å². The highest BCUT2D eigenvalue weighted by Crippen LogP contribution is 2.31. The van der Waals surface area contributed by atoms with Gasteiger partial charge in [0.25, 0.3) is 0 Å². The van der Waals surface area contributed by atoms with Crippen molar-refractivity contribution >= 4 is 22.9 Å². The average Bonchev–Trinajstić information content (AvgIpc) is 2.79. The second kappa shape index (κ2) is 5.51. The van der Waals surface area contributed by atoms with Crippen LogP contribution in [0.25, 0.3) is 0 Å². The van der Waals surface area contributed by atoms with Crippen LogP contribution in [0.5, 0.6) is 0 Å². The van der Waals surface area contributed by atoms with Gasteiger partial charge in [-0.15, -0.1) is 22.9 Å². The molecule has 0 saturated carbocycles. The molecule has 0 fully saturated rings. The van der Waals surface area contributed by atoms with Gasteiger partial charge in [0.15, 0.2) is 0 Å². The monoisotopic (exact) mass is 250 g/mol. The molecule has 0 spiro atoms. The molecule has 1 atom stereocenters. The highest BCUT2D eigenvalue weighted by atomic mass is 35.5. The summed E-state index contributed by atoms with van der Waals surface area (Å²) in [5, 5.41) is 0.104. The molecule has 1 aromatic carbocycles. The van der Waals surface area contributed by atoms with Crippen molar-refractivity contribution in [3.8, 4) is 0 Å². The summed E-state index contributed by atoms with van der Waals surface area (Å²) in [6, 6.07) is 14.8. The molecular weight excluding hydrogens is 236 g/mol. The topological polar surface area (TPSA) is 0 Å². The first-order chi connectivity index (χ1) is 7.79. The van der Waals surface area contributed by atoms with Gasteiger partial charge >= 0.3 is 0 Å². The molecule has 0 saturated heterocycles. The second-order valence-electron chi connectivity index (χ2n) is 3.81. The molecule has 2 heteroatoms. The Morgan fingerprint density at radius 1 is 1.12 bits per heavy atom. The van der Waals surface area contributed by atoms with Gasteiger partial charge < -0.3 is 0 Å². The number of thiophene rings is 1. The highest BCUT2D eigenvalue weighted by Gasteiger charge is 2.11. The van der Waals surface area contributed by atoms with E-state index in [4.69, 9.17) is 11.6 Å². The smallest absolute Gasteiger partial charge is 0.0718 e. The van der Waals surface area contributed by atoms with Gasteiger partial charge in [-0.1, -0.05) is 37.3 Å². The number of alkyl halides is 1. The van der Waals surface area contributed by atoms with Crippen LogP contribution in [0.3, 0.4) is 0 Å². The predicted octanol–water partition coefficient (Wildman–Crippen LogP) is 4.83. The van der Waals surface area contributed by atoms with Crippen LogP contribution in [0.1, 0.15) is 27.6 Å². The zero-order chi connectivity index (χ0) is 11.4. The Labute approximate surface area is 106 Å². The minimum atomic E-state index is 0.104. The summed E-state index contributed by atoms with van der Waals surface area (Å²) in [5.74, 6) is 0. The maximum atomic E-state index is 6.42. The third kappa shape index (κ3) is 2.87. The number of halogens is 1. The van der Waals surface area contributed by atoms with Crippen molar-refractivity contribution < 1.29 is 0 Å². The van der Waals surface area contributed by atoms with Crippen LogP contribution in [0.4, 0.5) is 0 Å². The molecule has 0 aliphatic heterocycles. The fourth-order valence-electron chi connectivity index (χ4n) is 1.67. The van der Waals surface area contributed by atoms with E-state index in [1.165, 1.54) is 15.3 Å². The highest BCUT2D eigenvalue weighted by molar-refractivity contribution is 7.12. The standard InChI is InChI=1S/C14H15ClS/c1-2-12-8-9-14(16-12)13(15)10-11-6-4-3-5-7-11/h3-9,13H,2,10H2,1H3. The molecule has 0 aliphatic rings. The first-order valence-electron chi connectivity index (χ1n) is 5.56. The lowest BCUT2D eigenvalue weighted by molar-refractivity contribution is 0.940. The zero-order valence-electron chi connectivity index (χ0n) is 9.32. The van der Waals surface area contributed by atoms with Gasteiger partial charge in [0.05, 0.1) is 5.38 Å². The van der Waals surface area contributed by atoms with E-state index in [9.17, 15) is 0 Å². The molecule has 2 rings (SSSR count). The summed E-state index contributed by atoms with van der Waals surface area (Å²) in [5.41, 5.74) is 1.30. The van der Waals surface area contributed by atoms with E-state index < -0.39 is 0 Å². The van der Waals surface area contributed by atoms with E-state index >= 15 is 0 Å². The third-order valence-corrected chi connectivity index (χ3v) is 4.46. The number of hydrogen-bond donors (Lipinski definition) is 0. The van der Waals surface area contributed by atoms with Crippen LogP contribution in [0.2, 0.25) is 0 Å².